The summed E-state index contributed by atoms with van der Waals surface area (Å²) in [5.74, 6) is -1.34. The first-order valence-electron chi connectivity index (χ1n) is 9.74. The van der Waals surface area contributed by atoms with E-state index in [9.17, 15) is 14.0 Å². The number of benzene rings is 2. The zero-order valence-electron chi connectivity index (χ0n) is 15.8. The Balaban J connectivity index is 1.33. The van der Waals surface area contributed by atoms with Gasteiger partial charge in [-0.1, -0.05) is 36.4 Å². The van der Waals surface area contributed by atoms with Gasteiger partial charge in [0.05, 0.1) is 0 Å². The molecule has 0 radical (unpaired) electrons. The summed E-state index contributed by atoms with van der Waals surface area (Å²) in [6, 6.07) is 16.3. The number of amides is 2. The fraction of sp³-hybridized carbons (Fsp3) is 0.364. The van der Waals surface area contributed by atoms with Crippen LogP contribution in [0.4, 0.5) is 10.1 Å². The van der Waals surface area contributed by atoms with Gasteiger partial charge >= 0.3 is 0 Å². The first kappa shape index (κ1) is 18.6. The third-order valence-electron chi connectivity index (χ3n) is 5.56. The van der Waals surface area contributed by atoms with E-state index in [1.54, 1.807) is 17.0 Å². The van der Waals surface area contributed by atoms with Gasteiger partial charge in [0, 0.05) is 45.0 Å². The van der Waals surface area contributed by atoms with E-state index in [1.807, 2.05) is 18.2 Å². The van der Waals surface area contributed by atoms with Crippen molar-refractivity contribution in [3.8, 4) is 0 Å². The largest absolute Gasteiger partial charge is 0.339 e. The highest BCUT2D eigenvalue weighted by Gasteiger charge is 2.40. The van der Waals surface area contributed by atoms with E-state index in [0.717, 1.165) is 19.6 Å². The molecular formula is C22H24FN3O2. The molecule has 146 valence electrons. The highest BCUT2D eigenvalue weighted by atomic mass is 19.1. The Bertz CT molecular complexity index is 850. The molecule has 2 saturated heterocycles. The van der Waals surface area contributed by atoms with E-state index < -0.39 is 5.92 Å². The number of nitrogens with zero attached hydrogens (tertiary/aromatic N) is 3. The van der Waals surface area contributed by atoms with Crippen molar-refractivity contribution in [2.45, 2.75) is 13.0 Å². The van der Waals surface area contributed by atoms with E-state index in [2.05, 4.69) is 17.0 Å². The Labute approximate surface area is 164 Å². The zero-order valence-corrected chi connectivity index (χ0v) is 15.8. The molecule has 1 atom stereocenters. The van der Waals surface area contributed by atoms with Gasteiger partial charge in [-0.3, -0.25) is 14.5 Å². The molecule has 2 fully saturated rings. The van der Waals surface area contributed by atoms with Gasteiger partial charge in [-0.25, -0.2) is 4.39 Å². The van der Waals surface area contributed by atoms with Gasteiger partial charge in [-0.15, -0.1) is 0 Å². The lowest BCUT2D eigenvalue weighted by atomic mass is 10.1. The number of halogens is 1. The van der Waals surface area contributed by atoms with Crippen molar-refractivity contribution in [3.63, 3.8) is 0 Å². The van der Waals surface area contributed by atoms with Gasteiger partial charge in [-0.2, -0.15) is 0 Å². The fourth-order valence-electron chi connectivity index (χ4n) is 4.00. The molecule has 6 heteroatoms. The number of piperazine rings is 1. The molecule has 0 aromatic heterocycles. The molecule has 0 unspecified atom stereocenters. The maximum atomic E-state index is 13.5. The van der Waals surface area contributed by atoms with Gasteiger partial charge in [-0.05, 0) is 30.2 Å². The maximum Gasteiger partial charge on any atom is 0.239 e. The van der Waals surface area contributed by atoms with Gasteiger partial charge < -0.3 is 9.80 Å². The van der Waals surface area contributed by atoms with Crippen LogP contribution < -0.4 is 4.90 Å². The van der Waals surface area contributed by atoms with Crippen molar-refractivity contribution in [1.29, 1.82) is 0 Å². The highest BCUT2D eigenvalue weighted by molar-refractivity contribution is 6.09. The Morgan fingerprint density at radius 2 is 1.71 bits per heavy atom. The highest BCUT2D eigenvalue weighted by Crippen LogP contribution is 2.27. The van der Waals surface area contributed by atoms with Crippen molar-refractivity contribution >= 4 is 17.5 Å². The third-order valence-corrected chi connectivity index (χ3v) is 5.56. The van der Waals surface area contributed by atoms with Crippen LogP contribution in [0.1, 0.15) is 12.0 Å². The lowest BCUT2D eigenvalue weighted by Crippen LogP contribution is -2.51. The summed E-state index contributed by atoms with van der Waals surface area (Å²) >= 11 is 0. The van der Waals surface area contributed by atoms with Gasteiger partial charge in [0.1, 0.15) is 11.7 Å². The summed E-state index contributed by atoms with van der Waals surface area (Å²) in [4.78, 5) is 31.3. The molecule has 28 heavy (non-hydrogen) atoms. The summed E-state index contributed by atoms with van der Waals surface area (Å²) in [6.45, 7) is 4.19. The minimum absolute atomic E-state index is 0.0942. The molecule has 2 aromatic carbocycles. The first-order valence-corrected chi connectivity index (χ1v) is 9.74. The number of hydrogen-bond donors (Lipinski definition) is 0. The van der Waals surface area contributed by atoms with Gasteiger partial charge in [0.2, 0.25) is 11.8 Å². The normalized spacial score (nSPS) is 20.6. The number of rotatable bonds is 4. The van der Waals surface area contributed by atoms with Crippen molar-refractivity contribution < 1.29 is 14.0 Å². The van der Waals surface area contributed by atoms with E-state index in [4.69, 9.17) is 0 Å². The Hall–Kier alpha value is -2.73. The third kappa shape index (κ3) is 3.92. The summed E-state index contributed by atoms with van der Waals surface area (Å²) in [6.07, 6.45) is 0.485. The van der Waals surface area contributed by atoms with E-state index in [0.29, 0.717) is 31.7 Å². The second-order valence-corrected chi connectivity index (χ2v) is 7.40. The Morgan fingerprint density at radius 1 is 0.964 bits per heavy atom. The maximum absolute atomic E-state index is 13.5. The van der Waals surface area contributed by atoms with Crippen LogP contribution in [0.15, 0.2) is 54.6 Å². The van der Waals surface area contributed by atoms with E-state index in [-0.39, 0.29) is 17.6 Å². The molecule has 0 bridgehead atoms. The molecule has 0 saturated carbocycles. The Kier molecular flexibility index (Phi) is 5.39. The van der Waals surface area contributed by atoms with Gasteiger partial charge in [0.15, 0.2) is 0 Å². The summed E-state index contributed by atoms with van der Waals surface area (Å²) in [7, 11) is 0. The monoisotopic (exact) mass is 381 g/mol. The molecular weight excluding hydrogens is 357 g/mol. The van der Waals surface area contributed by atoms with Crippen LogP contribution in [0, 0.1) is 11.7 Å². The zero-order chi connectivity index (χ0) is 19.5. The molecule has 5 nitrogen and oxygen atoms in total. The smallest absolute Gasteiger partial charge is 0.239 e. The standard InChI is InChI=1S/C22H24FN3O2/c23-18-7-4-8-19(15-18)26-10-9-20(22(26)28)21(27)25-13-11-24(12-14-25)16-17-5-2-1-3-6-17/h1-8,15,20H,9-14,16H2/t20-/m0/s1. The van der Waals surface area contributed by atoms with Crippen LogP contribution in [0.5, 0.6) is 0 Å². The van der Waals surface area contributed by atoms with E-state index in [1.165, 1.54) is 22.6 Å². The van der Waals surface area contributed by atoms with E-state index >= 15 is 0 Å². The predicted octanol–water partition coefficient (Wildman–Crippen LogP) is 2.52. The first-order chi connectivity index (χ1) is 13.6. The van der Waals surface area contributed by atoms with Crippen molar-refractivity contribution in [2.75, 3.05) is 37.6 Å². The van der Waals surface area contributed by atoms with Crippen LogP contribution in [0.25, 0.3) is 0 Å². The predicted molar refractivity (Wildman–Crippen MR) is 105 cm³/mol. The van der Waals surface area contributed by atoms with Crippen molar-refractivity contribution in [1.82, 2.24) is 9.80 Å². The summed E-state index contributed by atoms with van der Waals surface area (Å²) < 4.78 is 13.5. The average Bonchev–Trinajstić information content (AvgIpc) is 3.10. The molecule has 2 heterocycles. The lowest BCUT2D eigenvalue weighted by Gasteiger charge is -2.35. The molecule has 4 rings (SSSR count). The minimum Gasteiger partial charge on any atom is -0.339 e. The molecule has 2 aliphatic rings. The lowest BCUT2D eigenvalue weighted by molar-refractivity contribution is -0.141. The molecule has 0 aliphatic carbocycles. The SMILES string of the molecule is O=C([C@@H]1CCN(c2cccc(F)c2)C1=O)N1CCN(Cc2ccccc2)CC1. The molecule has 0 spiro atoms. The molecule has 0 N–H and O–H groups in total. The number of hydrogen-bond acceptors (Lipinski definition) is 3. The topological polar surface area (TPSA) is 43.9 Å². The van der Waals surface area contributed by atoms with Crippen LogP contribution in [-0.2, 0) is 16.1 Å². The van der Waals surface area contributed by atoms with Gasteiger partial charge in [0.25, 0.3) is 0 Å². The summed E-state index contributed by atoms with van der Waals surface area (Å²) in [5.41, 5.74) is 1.78. The second-order valence-electron chi connectivity index (χ2n) is 7.40. The quantitative estimate of drug-likeness (QED) is 0.765. The minimum atomic E-state index is -0.649. The molecule has 2 aliphatic heterocycles. The van der Waals surface area contributed by atoms with Crippen LogP contribution in [-0.4, -0.2) is 54.3 Å². The molecule has 2 aromatic rings. The van der Waals surface area contributed by atoms with Crippen LogP contribution in [0.2, 0.25) is 0 Å². The Morgan fingerprint density at radius 3 is 2.43 bits per heavy atom. The molecule has 2 amide bonds. The fourth-order valence-corrected chi connectivity index (χ4v) is 4.00. The average molecular weight is 381 g/mol. The van der Waals surface area contributed by atoms with Crippen LogP contribution in [0.3, 0.4) is 0 Å². The van der Waals surface area contributed by atoms with Crippen molar-refractivity contribution in [2.24, 2.45) is 5.92 Å². The number of carbonyl (C=O) groups excluding carboxylic acids is 2. The van der Waals surface area contributed by atoms with Crippen LogP contribution >= 0.6 is 0 Å². The number of anilines is 1. The second kappa shape index (κ2) is 8.10. The summed E-state index contributed by atoms with van der Waals surface area (Å²) in [5, 5.41) is 0. The number of carbonyl (C=O) groups is 2. The van der Waals surface area contributed by atoms with Crippen molar-refractivity contribution in [3.05, 3.63) is 66.0 Å².